The number of carbonyl (C=O) groups is 11. The van der Waals surface area contributed by atoms with E-state index in [1.165, 1.54) is 20.8 Å². The summed E-state index contributed by atoms with van der Waals surface area (Å²) in [4.78, 5) is 141. The van der Waals surface area contributed by atoms with Crippen LogP contribution >= 0.6 is 0 Å². The molecule has 0 bridgehead atoms. The molecule has 0 aromatic rings. The highest BCUT2D eigenvalue weighted by molar-refractivity contribution is 5.94. The van der Waals surface area contributed by atoms with E-state index in [1.807, 2.05) is 0 Å². The molecule has 37 heteroatoms. The third-order valence-corrected chi connectivity index (χ3v) is 14.1. The number of carbonyl (C=O) groups excluding carboxylic acids is 10. The third kappa shape index (κ3) is 22.0. The molecule has 3 heterocycles. The largest absolute Gasteiger partial charge is 0.480 e. The Morgan fingerprint density at radius 2 is 0.989 bits per heavy atom. The Morgan fingerprint density at radius 3 is 1.53 bits per heavy atom. The molecule has 0 saturated carbocycles. The molecule has 37 nitrogen and oxygen atoms in total. The molecule has 87 heavy (non-hydrogen) atoms. The summed E-state index contributed by atoms with van der Waals surface area (Å²) < 4.78 is 33.9. The van der Waals surface area contributed by atoms with Crippen molar-refractivity contribution in [1.82, 2.24) is 42.5 Å². The second kappa shape index (κ2) is 34.9. The number of primary amides is 2. The number of ether oxygens (including phenoxy) is 6. The van der Waals surface area contributed by atoms with E-state index in [0.717, 1.165) is 27.7 Å². The summed E-state index contributed by atoms with van der Waals surface area (Å²) in [5.74, 6) is -12.0. The fourth-order valence-electron chi connectivity index (χ4n) is 9.04. The van der Waals surface area contributed by atoms with E-state index in [9.17, 15) is 104 Å². The lowest BCUT2D eigenvalue weighted by molar-refractivity contribution is -0.333. The molecule has 3 saturated heterocycles. The molecule has 7 unspecified atom stereocenters. The highest BCUT2D eigenvalue weighted by Gasteiger charge is 2.53. The topological polar surface area (TPSA) is 594 Å². The van der Waals surface area contributed by atoms with Gasteiger partial charge in [-0.25, -0.2) is 0 Å². The molecule has 0 spiro atoms. The first-order valence-electron chi connectivity index (χ1n) is 27.6. The molecule has 496 valence electrons. The van der Waals surface area contributed by atoms with E-state index in [4.69, 9.17) is 39.9 Å². The Balaban J connectivity index is 1.73. The van der Waals surface area contributed by atoms with Crippen LogP contribution in [0.1, 0.15) is 80.6 Å². The summed E-state index contributed by atoms with van der Waals surface area (Å²) >= 11 is 0. The molecular formula is C50H84N10O27. The van der Waals surface area contributed by atoms with Gasteiger partial charge in [0, 0.05) is 20.3 Å². The van der Waals surface area contributed by atoms with Crippen molar-refractivity contribution in [3.05, 3.63) is 0 Å². The van der Waals surface area contributed by atoms with Crippen LogP contribution in [0, 0.1) is 5.92 Å². The van der Waals surface area contributed by atoms with Crippen molar-refractivity contribution in [3.8, 4) is 0 Å². The van der Waals surface area contributed by atoms with Gasteiger partial charge in [0.15, 0.2) is 18.9 Å². The highest BCUT2D eigenvalue weighted by Crippen LogP contribution is 2.31. The number of nitrogens with two attached hydrogens (primary N) is 2. The monoisotopic (exact) mass is 1260 g/mol. The lowest BCUT2D eigenvalue weighted by Gasteiger charge is -2.48. The summed E-state index contributed by atoms with van der Waals surface area (Å²) in [7, 11) is 0. The predicted molar refractivity (Wildman–Crippen MR) is 287 cm³/mol. The predicted octanol–water partition coefficient (Wildman–Crippen LogP) is -11.3. The minimum absolute atomic E-state index is 0.158. The number of nitrogens with one attached hydrogen (secondary N) is 8. The van der Waals surface area contributed by atoms with E-state index in [-0.39, 0.29) is 19.3 Å². The van der Waals surface area contributed by atoms with Gasteiger partial charge in [-0.3, -0.25) is 52.7 Å². The molecule has 3 fully saturated rings. The van der Waals surface area contributed by atoms with Crippen molar-refractivity contribution < 1.29 is 132 Å². The maximum atomic E-state index is 13.7. The molecule has 0 radical (unpaired) electrons. The Morgan fingerprint density at radius 1 is 0.506 bits per heavy atom. The lowest BCUT2D eigenvalue weighted by atomic mass is 9.94. The zero-order chi connectivity index (χ0) is 65.9. The van der Waals surface area contributed by atoms with Gasteiger partial charge in [0.05, 0.1) is 32.3 Å². The first kappa shape index (κ1) is 74.8. The molecular weight excluding hydrogens is 1170 g/mol. The first-order chi connectivity index (χ1) is 40.7. The number of rotatable bonds is 33. The van der Waals surface area contributed by atoms with E-state index in [2.05, 4.69) is 42.5 Å². The molecule has 3 rings (SSSR count). The van der Waals surface area contributed by atoms with Crippen LogP contribution in [0.25, 0.3) is 0 Å². The van der Waals surface area contributed by atoms with E-state index >= 15 is 0 Å². The average molecular weight is 1260 g/mol. The quantitative estimate of drug-likeness (QED) is 0.0290. The van der Waals surface area contributed by atoms with Gasteiger partial charge in [0.25, 0.3) is 0 Å². The Kier molecular flexibility index (Phi) is 30.0. The third-order valence-electron chi connectivity index (χ3n) is 14.1. The average Bonchev–Trinajstić information content (AvgIpc) is 0.937. The molecule has 0 aromatic heterocycles. The molecule has 10 amide bonds. The van der Waals surface area contributed by atoms with Crippen molar-refractivity contribution >= 4 is 65.0 Å². The van der Waals surface area contributed by atoms with Crippen LogP contribution in [0.5, 0.6) is 0 Å². The number of aliphatic hydroxyl groups excluding tert-OH is 9. The smallest absolute Gasteiger partial charge is 0.325 e. The lowest BCUT2D eigenvalue weighted by Crippen LogP contribution is -2.70. The fraction of sp³-hybridized carbons (Fsp3) is 0.780. The summed E-state index contributed by atoms with van der Waals surface area (Å²) in [6.07, 6.45) is -25.3. The van der Waals surface area contributed by atoms with Crippen LogP contribution in [0.15, 0.2) is 0 Å². The van der Waals surface area contributed by atoms with Gasteiger partial charge in [-0.15, -0.1) is 0 Å². The number of aliphatic hydroxyl groups is 9. The standard InChI is InChI=1S/C50H84N10O27/c1-17(16-82-50-37(71)36(70)34(68)28(14-62)86-50)42(74)59-24(40(51)72)9-8-10-26(46(78)54-18(2)43(75)55-20(4)47(79)80)58-30(66)12-11-25(41(52)73)60-44(76)19(3)53-45(77)21(5)83-39-32(57-23(7)65)48(81)84-29(15-63)38(39)87-49-31(56-22(6)64)35(69)33(67)27(13-61)85-49/h17-21,24-29,31-39,48-50,61-63,67-71,81H,8-16H2,1-7H3,(H2,51,72)(H2,52,73)(H,53,77)(H,54,78)(H,55,75)(H,56,64)(H,57,65)(H,58,66)(H,59,74)(H,60,76)(H,79,80)/t17-,18?,19?,20?,21?,24?,25?,26?,27-,28-,29-,31-,32-,33-,34-,35-,36+,37+,38-,39-,48+,49+,50+/m1/s1. The summed E-state index contributed by atoms with van der Waals surface area (Å²) in [5.41, 5.74) is 11.1. The normalized spacial score (nSPS) is 30.0. The van der Waals surface area contributed by atoms with Gasteiger partial charge < -0.3 is 133 Å². The Hall–Kier alpha value is -6.43. The van der Waals surface area contributed by atoms with Crippen LogP contribution in [0.3, 0.4) is 0 Å². The van der Waals surface area contributed by atoms with Crippen molar-refractivity contribution in [2.24, 2.45) is 17.4 Å². The zero-order valence-corrected chi connectivity index (χ0v) is 48.7. The number of hydrogen-bond donors (Lipinski definition) is 20. The van der Waals surface area contributed by atoms with Gasteiger partial charge in [-0.2, -0.15) is 0 Å². The van der Waals surface area contributed by atoms with Gasteiger partial charge in [0.2, 0.25) is 59.1 Å². The van der Waals surface area contributed by atoms with Crippen molar-refractivity contribution in [2.75, 3.05) is 26.4 Å². The van der Waals surface area contributed by atoms with Crippen LogP contribution < -0.4 is 54.0 Å². The number of carboxylic acid groups (broad SMARTS) is 1. The summed E-state index contributed by atoms with van der Waals surface area (Å²) in [5, 5.41) is 120. The molecule has 23 atom stereocenters. The summed E-state index contributed by atoms with van der Waals surface area (Å²) in [6.45, 7) is 5.16. The molecule has 0 aromatic carbocycles. The second-order valence-corrected chi connectivity index (χ2v) is 21.2. The SMILES string of the molecule is CC(=O)N[C@@H]1[C@@H](OC(C)C(=O)NC(C)C(=O)NC(CCC(=O)NC(CCCC(NC(=O)[C@H](C)CO[C@H]2O[C@H](CO)[C@@H](O)[C@H](O)[C@@H]2O)C(N)=O)C(=O)NC(C)C(=O)NC(C)C(=O)O)C(N)=O)[C@H](O[C@@H]2O[C@H](CO)[C@@H](O)[C@H](O)[C@H]2NC(C)=O)[C@@H](CO)O[C@@H]1O. The first-order valence-corrected chi connectivity index (χ1v) is 27.6. The van der Waals surface area contributed by atoms with Crippen LogP contribution in [0.2, 0.25) is 0 Å². The van der Waals surface area contributed by atoms with E-state index < -0.39 is 245 Å². The minimum Gasteiger partial charge on any atom is -0.480 e. The van der Waals surface area contributed by atoms with Gasteiger partial charge in [0.1, 0.15) is 115 Å². The number of amides is 10. The maximum Gasteiger partial charge on any atom is 0.325 e. The van der Waals surface area contributed by atoms with Crippen molar-refractivity contribution in [3.63, 3.8) is 0 Å². The van der Waals surface area contributed by atoms with E-state index in [1.54, 1.807) is 0 Å². The van der Waals surface area contributed by atoms with Crippen LogP contribution in [-0.4, -0.2) is 277 Å². The molecule has 22 N–H and O–H groups in total. The number of carboxylic acids is 1. The zero-order valence-electron chi connectivity index (χ0n) is 48.7. The van der Waals surface area contributed by atoms with Crippen molar-refractivity contribution in [1.29, 1.82) is 0 Å². The molecule has 0 aliphatic carbocycles. The molecule has 3 aliphatic rings. The van der Waals surface area contributed by atoms with Gasteiger partial charge in [-0.05, 0) is 53.4 Å². The highest BCUT2D eigenvalue weighted by atomic mass is 16.7. The number of hydrogen-bond acceptors (Lipinski definition) is 26. The second-order valence-electron chi connectivity index (χ2n) is 21.2. The van der Waals surface area contributed by atoms with Crippen LogP contribution in [-0.2, 0) is 81.2 Å². The van der Waals surface area contributed by atoms with Gasteiger partial charge in [-0.1, -0.05) is 6.92 Å². The van der Waals surface area contributed by atoms with Gasteiger partial charge >= 0.3 is 5.97 Å². The Bertz CT molecular complexity index is 2380. The number of aliphatic carboxylic acids is 1. The fourth-order valence-corrected chi connectivity index (χ4v) is 9.04. The summed E-state index contributed by atoms with van der Waals surface area (Å²) in [6, 6.07) is -12.0. The Labute approximate surface area is 497 Å². The van der Waals surface area contributed by atoms with Crippen molar-refractivity contribution in [2.45, 2.75) is 215 Å². The van der Waals surface area contributed by atoms with E-state index in [0.29, 0.717) is 0 Å². The van der Waals surface area contributed by atoms with Crippen LogP contribution in [0.4, 0.5) is 0 Å². The molecule has 3 aliphatic heterocycles. The maximum absolute atomic E-state index is 13.7. The minimum atomic E-state index is -1.94.